The summed E-state index contributed by atoms with van der Waals surface area (Å²) in [4.78, 5) is 25.4. The van der Waals surface area contributed by atoms with Crippen LogP contribution in [0.3, 0.4) is 0 Å². The maximum absolute atomic E-state index is 13.5. The highest BCUT2D eigenvalue weighted by Crippen LogP contribution is 2.35. The van der Waals surface area contributed by atoms with Crippen LogP contribution >= 0.6 is 0 Å². The lowest BCUT2D eigenvalue weighted by Crippen LogP contribution is -2.17. The van der Waals surface area contributed by atoms with E-state index in [1.54, 1.807) is 67.6 Å². The van der Waals surface area contributed by atoms with Crippen LogP contribution in [0.25, 0.3) is 16.9 Å². The molecule has 2 amide bonds. The van der Waals surface area contributed by atoms with Crippen LogP contribution in [-0.4, -0.2) is 35.8 Å². The summed E-state index contributed by atoms with van der Waals surface area (Å²) in [6, 6.07) is 21.9. The van der Waals surface area contributed by atoms with Gasteiger partial charge >= 0.3 is 0 Å². The summed E-state index contributed by atoms with van der Waals surface area (Å²) in [6.07, 6.45) is 1.69. The third-order valence-electron chi connectivity index (χ3n) is 5.58. The number of amides is 2. The van der Waals surface area contributed by atoms with Gasteiger partial charge in [0.1, 0.15) is 17.2 Å². The van der Waals surface area contributed by atoms with Gasteiger partial charge in [-0.3, -0.25) is 9.59 Å². The molecule has 1 aromatic heterocycles. The number of carbonyl (C=O) groups excluding carboxylic acids is 2. The van der Waals surface area contributed by atoms with Crippen molar-refractivity contribution in [2.45, 2.75) is 13.8 Å². The standard InChI is InChI=1S/C28H28N4O4/c1-18(2)27(33)29-19-10-12-20(13-11-19)30-28(34)24-17-32(21-8-6-5-7-9-21)31-26(24)23-16-22(35-3)14-15-25(23)36-4/h5-18H,1-4H3,(H,29,33)(H,30,34). The molecule has 0 saturated heterocycles. The van der Waals surface area contributed by atoms with E-state index >= 15 is 0 Å². The van der Waals surface area contributed by atoms with Crippen molar-refractivity contribution in [2.75, 3.05) is 24.9 Å². The molecule has 36 heavy (non-hydrogen) atoms. The molecule has 0 radical (unpaired) electrons. The summed E-state index contributed by atoms with van der Waals surface area (Å²) in [5.41, 5.74) is 3.49. The largest absolute Gasteiger partial charge is 0.497 e. The van der Waals surface area contributed by atoms with Crippen LogP contribution in [0.4, 0.5) is 11.4 Å². The van der Waals surface area contributed by atoms with Gasteiger partial charge in [0.05, 0.1) is 25.5 Å². The van der Waals surface area contributed by atoms with Crippen LogP contribution < -0.4 is 20.1 Å². The van der Waals surface area contributed by atoms with Gasteiger partial charge in [-0.25, -0.2) is 4.68 Å². The van der Waals surface area contributed by atoms with Crippen molar-refractivity contribution in [3.05, 3.63) is 84.6 Å². The highest BCUT2D eigenvalue weighted by atomic mass is 16.5. The Morgan fingerprint density at radius 3 is 2.14 bits per heavy atom. The predicted octanol–water partition coefficient (Wildman–Crippen LogP) is 5.40. The Kier molecular flexibility index (Phi) is 7.34. The van der Waals surface area contributed by atoms with Crippen molar-refractivity contribution in [3.8, 4) is 28.4 Å². The fraction of sp³-hybridized carbons (Fsp3) is 0.179. The third kappa shape index (κ3) is 5.38. The molecule has 4 aromatic rings. The van der Waals surface area contributed by atoms with Crippen LogP contribution in [0.5, 0.6) is 11.5 Å². The molecule has 0 bridgehead atoms. The molecule has 0 unspecified atom stereocenters. The molecule has 1 heterocycles. The summed E-state index contributed by atoms with van der Waals surface area (Å²) >= 11 is 0. The molecule has 8 nitrogen and oxygen atoms in total. The Morgan fingerprint density at radius 2 is 1.53 bits per heavy atom. The van der Waals surface area contributed by atoms with Gasteiger partial charge in [0, 0.05) is 29.1 Å². The normalized spacial score (nSPS) is 10.7. The number of hydrogen-bond donors (Lipinski definition) is 2. The monoisotopic (exact) mass is 484 g/mol. The smallest absolute Gasteiger partial charge is 0.259 e. The first-order chi connectivity index (χ1) is 17.4. The van der Waals surface area contributed by atoms with E-state index in [1.807, 2.05) is 44.2 Å². The first-order valence-electron chi connectivity index (χ1n) is 11.5. The summed E-state index contributed by atoms with van der Waals surface area (Å²) in [5, 5.41) is 10.5. The van der Waals surface area contributed by atoms with Gasteiger partial charge in [-0.2, -0.15) is 5.10 Å². The van der Waals surface area contributed by atoms with E-state index in [2.05, 4.69) is 10.6 Å². The highest BCUT2D eigenvalue weighted by Gasteiger charge is 2.22. The molecule has 0 spiro atoms. The second-order valence-corrected chi connectivity index (χ2v) is 8.41. The number of benzene rings is 3. The SMILES string of the molecule is COc1ccc(OC)c(-c2nn(-c3ccccc3)cc2C(=O)Nc2ccc(NC(=O)C(C)C)cc2)c1. The first kappa shape index (κ1) is 24.5. The molecule has 0 fully saturated rings. The van der Waals surface area contributed by atoms with Gasteiger partial charge in [-0.15, -0.1) is 0 Å². The number of rotatable bonds is 8. The molecular weight excluding hydrogens is 456 g/mol. The lowest BCUT2D eigenvalue weighted by molar-refractivity contribution is -0.118. The van der Waals surface area contributed by atoms with Crippen molar-refractivity contribution >= 4 is 23.2 Å². The van der Waals surface area contributed by atoms with E-state index in [1.165, 1.54) is 0 Å². The van der Waals surface area contributed by atoms with Gasteiger partial charge in [-0.05, 0) is 54.6 Å². The second kappa shape index (κ2) is 10.8. The fourth-order valence-corrected chi connectivity index (χ4v) is 3.57. The minimum atomic E-state index is -0.337. The zero-order valence-corrected chi connectivity index (χ0v) is 20.6. The first-order valence-corrected chi connectivity index (χ1v) is 11.5. The van der Waals surface area contributed by atoms with Crippen molar-refractivity contribution in [1.29, 1.82) is 0 Å². The third-order valence-corrected chi connectivity index (χ3v) is 5.58. The molecule has 4 rings (SSSR count). The number of aromatic nitrogens is 2. The minimum absolute atomic E-state index is 0.0722. The summed E-state index contributed by atoms with van der Waals surface area (Å²) in [7, 11) is 3.15. The molecule has 8 heteroatoms. The fourth-order valence-electron chi connectivity index (χ4n) is 3.57. The summed E-state index contributed by atoms with van der Waals surface area (Å²) < 4.78 is 12.6. The highest BCUT2D eigenvalue weighted by molar-refractivity contribution is 6.08. The maximum Gasteiger partial charge on any atom is 0.259 e. The molecule has 184 valence electrons. The van der Waals surface area contributed by atoms with E-state index in [9.17, 15) is 9.59 Å². The zero-order valence-electron chi connectivity index (χ0n) is 20.6. The number of nitrogens with zero attached hydrogens (tertiary/aromatic N) is 2. The minimum Gasteiger partial charge on any atom is -0.497 e. The van der Waals surface area contributed by atoms with Gasteiger partial charge in [0.2, 0.25) is 5.91 Å². The lowest BCUT2D eigenvalue weighted by atomic mass is 10.1. The Balaban J connectivity index is 1.69. The lowest BCUT2D eigenvalue weighted by Gasteiger charge is -2.11. The van der Waals surface area contributed by atoms with Crippen molar-refractivity contribution in [2.24, 2.45) is 5.92 Å². The summed E-state index contributed by atoms with van der Waals surface area (Å²) in [5.74, 6) is 0.643. The molecule has 0 saturated carbocycles. The maximum atomic E-state index is 13.5. The van der Waals surface area contributed by atoms with E-state index in [0.717, 1.165) is 5.69 Å². The van der Waals surface area contributed by atoms with Crippen molar-refractivity contribution in [3.63, 3.8) is 0 Å². The number of ether oxygens (including phenoxy) is 2. The molecule has 0 atom stereocenters. The second-order valence-electron chi connectivity index (χ2n) is 8.41. The van der Waals surface area contributed by atoms with E-state index in [-0.39, 0.29) is 17.7 Å². The van der Waals surface area contributed by atoms with Crippen LogP contribution in [0.1, 0.15) is 24.2 Å². The Labute approximate surface area is 209 Å². The Bertz CT molecular complexity index is 1360. The molecule has 3 aromatic carbocycles. The van der Waals surface area contributed by atoms with E-state index in [0.29, 0.717) is 39.7 Å². The Hall–Kier alpha value is -4.59. The van der Waals surface area contributed by atoms with Gasteiger partial charge < -0.3 is 20.1 Å². The number of para-hydroxylation sites is 1. The van der Waals surface area contributed by atoms with Crippen LogP contribution in [0.2, 0.25) is 0 Å². The summed E-state index contributed by atoms with van der Waals surface area (Å²) in [6.45, 7) is 3.66. The van der Waals surface area contributed by atoms with Crippen molar-refractivity contribution in [1.82, 2.24) is 9.78 Å². The topological polar surface area (TPSA) is 94.5 Å². The van der Waals surface area contributed by atoms with Crippen LogP contribution in [-0.2, 0) is 4.79 Å². The molecular formula is C28H28N4O4. The van der Waals surface area contributed by atoms with E-state index in [4.69, 9.17) is 14.6 Å². The quantitative estimate of drug-likeness (QED) is 0.349. The Morgan fingerprint density at radius 1 is 0.861 bits per heavy atom. The zero-order chi connectivity index (χ0) is 25.7. The number of carbonyl (C=O) groups is 2. The van der Waals surface area contributed by atoms with Gasteiger partial charge in [0.15, 0.2) is 0 Å². The van der Waals surface area contributed by atoms with Gasteiger partial charge in [-0.1, -0.05) is 32.0 Å². The van der Waals surface area contributed by atoms with E-state index < -0.39 is 0 Å². The van der Waals surface area contributed by atoms with Crippen LogP contribution in [0, 0.1) is 5.92 Å². The molecule has 2 N–H and O–H groups in total. The molecule has 0 aliphatic carbocycles. The number of methoxy groups -OCH3 is 2. The average Bonchev–Trinajstić information content (AvgIpc) is 3.35. The molecule has 0 aliphatic rings. The molecule has 0 aliphatic heterocycles. The van der Waals surface area contributed by atoms with Crippen molar-refractivity contribution < 1.29 is 19.1 Å². The van der Waals surface area contributed by atoms with Gasteiger partial charge in [0.25, 0.3) is 5.91 Å². The average molecular weight is 485 g/mol. The predicted molar refractivity (Wildman–Crippen MR) is 140 cm³/mol. The number of anilines is 2. The number of nitrogens with one attached hydrogen (secondary N) is 2. The van der Waals surface area contributed by atoms with Crippen LogP contribution in [0.15, 0.2) is 79.0 Å². The number of hydrogen-bond acceptors (Lipinski definition) is 5.